The smallest absolute Gasteiger partial charge is 0.222 e. The molecule has 120 valence electrons. The summed E-state index contributed by atoms with van der Waals surface area (Å²) in [6, 6.07) is 9.27. The summed E-state index contributed by atoms with van der Waals surface area (Å²) in [5, 5.41) is 2.81. The van der Waals surface area contributed by atoms with E-state index in [0.29, 0.717) is 19.6 Å². The molecule has 23 heavy (non-hydrogen) atoms. The highest BCUT2D eigenvalue weighted by Crippen LogP contribution is 2.04. The van der Waals surface area contributed by atoms with Crippen molar-refractivity contribution in [2.45, 2.75) is 26.4 Å². The molecule has 0 aromatic carbocycles. The summed E-state index contributed by atoms with van der Waals surface area (Å²) >= 11 is 0. The van der Waals surface area contributed by atoms with Gasteiger partial charge in [0.15, 0.2) is 0 Å². The summed E-state index contributed by atoms with van der Waals surface area (Å²) in [6.45, 7) is 2.76. The van der Waals surface area contributed by atoms with Crippen LogP contribution in [0.15, 0.2) is 48.9 Å². The first-order chi connectivity index (χ1) is 11.1. The van der Waals surface area contributed by atoms with Crippen molar-refractivity contribution in [2.75, 3.05) is 6.54 Å². The first-order valence-corrected chi connectivity index (χ1v) is 7.46. The Morgan fingerprint density at radius 2 is 1.91 bits per heavy atom. The topological polar surface area (TPSA) is 75.2 Å². The van der Waals surface area contributed by atoms with Gasteiger partial charge in [-0.25, -0.2) is 0 Å². The summed E-state index contributed by atoms with van der Waals surface area (Å²) in [4.78, 5) is 33.4. The maximum atomic E-state index is 11.9. The Labute approximate surface area is 135 Å². The maximum Gasteiger partial charge on any atom is 0.222 e. The number of amides is 2. The molecule has 6 nitrogen and oxygen atoms in total. The lowest BCUT2D eigenvalue weighted by Crippen LogP contribution is -2.33. The number of hydrogen-bond donors (Lipinski definition) is 1. The lowest BCUT2D eigenvalue weighted by atomic mass is 10.2. The fraction of sp³-hybridized carbons (Fsp3) is 0.294. The third-order valence-electron chi connectivity index (χ3n) is 3.37. The molecule has 0 bridgehead atoms. The van der Waals surface area contributed by atoms with Crippen molar-refractivity contribution >= 4 is 11.8 Å². The lowest BCUT2D eigenvalue weighted by molar-refractivity contribution is -0.130. The SMILES string of the molecule is CC(=O)N(CCC(=O)NCc1ccccn1)Cc1ccncc1. The van der Waals surface area contributed by atoms with E-state index in [1.165, 1.54) is 6.92 Å². The predicted molar refractivity (Wildman–Crippen MR) is 86.0 cm³/mol. The van der Waals surface area contributed by atoms with Crippen LogP contribution >= 0.6 is 0 Å². The van der Waals surface area contributed by atoms with E-state index in [4.69, 9.17) is 0 Å². The summed E-state index contributed by atoms with van der Waals surface area (Å²) in [6.07, 6.45) is 5.33. The van der Waals surface area contributed by atoms with Gasteiger partial charge in [-0.2, -0.15) is 0 Å². The minimum absolute atomic E-state index is 0.0562. The second-order valence-electron chi connectivity index (χ2n) is 5.14. The van der Waals surface area contributed by atoms with Gasteiger partial charge in [-0.3, -0.25) is 19.6 Å². The van der Waals surface area contributed by atoms with Crippen LogP contribution in [0.1, 0.15) is 24.6 Å². The molecule has 0 atom stereocenters. The number of pyridine rings is 2. The van der Waals surface area contributed by atoms with Crippen LogP contribution in [0.5, 0.6) is 0 Å². The van der Waals surface area contributed by atoms with Gasteiger partial charge in [0, 0.05) is 45.0 Å². The van der Waals surface area contributed by atoms with Crippen LogP contribution < -0.4 is 5.32 Å². The number of nitrogens with zero attached hydrogens (tertiary/aromatic N) is 3. The number of carbonyl (C=O) groups excluding carboxylic acids is 2. The highest BCUT2D eigenvalue weighted by molar-refractivity contribution is 5.78. The van der Waals surface area contributed by atoms with Crippen LogP contribution in [0.3, 0.4) is 0 Å². The largest absolute Gasteiger partial charge is 0.350 e. The van der Waals surface area contributed by atoms with E-state index >= 15 is 0 Å². The average molecular weight is 312 g/mol. The fourth-order valence-electron chi connectivity index (χ4n) is 2.07. The summed E-state index contributed by atoms with van der Waals surface area (Å²) in [5.74, 6) is -0.157. The van der Waals surface area contributed by atoms with Crippen LogP contribution in [0.25, 0.3) is 0 Å². The van der Waals surface area contributed by atoms with Crippen LogP contribution in [-0.2, 0) is 22.7 Å². The van der Waals surface area contributed by atoms with E-state index < -0.39 is 0 Å². The first kappa shape index (κ1) is 16.6. The van der Waals surface area contributed by atoms with Crippen molar-refractivity contribution in [1.82, 2.24) is 20.2 Å². The zero-order chi connectivity index (χ0) is 16.5. The molecule has 0 aliphatic heterocycles. The maximum absolute atomic E-state index is 11.9. The molecule has 0 unspecified atom stereocenters. The second kappa shape index (κ2) is 8.63. The Hall–Kier alpha value is -2.76. The molecule has 2 rings (SSSR count). The van der Waals surface area contributed by atoms with Gasteiger partial charge in [-0.05, 0) is 29.8 Å². The first-order valence-electron chi connectivity index (χ1n) is 7.46. The minimum atomic E-state index is -0.100. The van der Waals surface area contributed by atoms with E-state index in [1.54, 1.807) is 23.5 Å². The van der Waals surface area contributed by atoms with Crippen LogP contribution in [-0.4, -0.2) is 33.2 Å². The van der Waals surface area contributed by atoms with Crippen molar-refractivity contribution in [1.29, 1.82) is 0 Å². The molecule has 6 heteroatoms. The highest BCUT2D eigenvalue weighted by Gasteiger charge is 2.11. The lowest BCUT2D eigenvalue weighted by Gasteiger charge is -2.20. The Morgan fingerprint density at radius 3 is 2.57 bits per heavy atom. The van der Waals surface area contributed by atoms with Crippen molar-refractivity contribution in [3.05, 3.63) is 60.2 Å². The Morgan fingerprint density at radius 1 is 1.13 bits per heavy atom. The molecule has 2 aromatic heterocycles. The minimum Gasteiger partial charge on any atom is -0.350 e. The number of hydrogen-bond acceptors (Lipinski definition) is 4. The summed E-state index contributed by atoms with van der Waals surface area (Å²) < 4.78 is 0. The number of carbonyl (C=O) groups is 2. The number of rotatable bonds is 7. The molecule has 2 aromatic rings. The molecular weight excluding hydrogens is 292 g/mol. The summed E-state index contributed by atoms with van der Waals surface area (Å²) in [7, 11) is 0. The predicted octanol–water partition coefficient (Wildman–Crippen LogP) is 1.53. The average Bonchev–Trinajstić information content (AvgIpc) is 2.58. The Bertz CT molecular complexity index is 632. The summed E-state index contributed by atoms with van der Waals surface area (Å²) in [5.41, 5.74) is 1.80. The molecular formula is C17H20N4O2. The number of nitrogens with one attached hydrogen (secondary N) is 1. The standard InChI is InChI=1S/C17H20N4O2/c1-14(22)21(13-15-5-9-18-10-6-15)11-7-17(23)20-12-16-4-2-3-8-19-16/h2-6,8-10H,7,11-13H2,1H3,(H,20,23). The van der Waals surface area contributed by atoms with Crippen molar-refractivity contribution in [3.63, 3.8) is 0 Å². The number of aromatic nitrogens is 2. The second-order valence-corrected chi connectivity index (χ2v) is 5.14. The van der Waals surface area contributed by atoms with Gasteiger partial charge in [-0.15, -0.1) is 0 Å². The molecule has 0 spiro atoms. The van der Waals surface area contributed by atoms with Gasteiger partial charge in [0.05, 0.1) is 12.2 Å². The van der Waals surface area contributed by atoms with Crippen LogP contribution in [0, 0.1) is 0 Å². The molecule has 0 saturated heterocycles. The zero-order valence-corrected chi connectivity index (χ0v) is 13.1. The Kier molecular flexibility index (Phi) is 6.23. The van der Waals surface area contributed by atoms with Gasteiger partial charge in [0.2, 0.25) is 11.8 Å². The van der Waals surface area contributed by atoms with E-state index in [1.807, 2.05) is 30.3 Å². The van der Waals surface area contributed by atoms with Crippen molar-refractivity contribution in [2.24, 2.45) is 0 Å². The molecule has 0 aliphatic carbocycles. The van der Waals surface area contributed by atoms with E-state index in [0.717, 1.165) is 11.3 Å². The van der Waals surface area contributed by atoms with Gasteiger partial charge >= 0.3 is 0 Å². The van der Waals surface area contributed by atoms with E-state index in [2.05, 4.69) is 15.3 Å². The van der Waals surface area contributed by atoms with E-state index in [9.17, 15) is 9.59 Å². The third kappa shape index (κ3) is 5.86. The van der Waals surface area contributed by atoms with Gasteiger partial charge in [0.1, 0.15) is 0 Å². The molecule has 0 radical (unpaired) electrons. The third-order valence-corrected chi connectivity index (χ3v) is 3.37. The molecule has 0 saturated carbocycles. The molecule has 2 amide bonds. The fourth-order valence-corrected chi connectivity index (χ4v) is 2.07. The van der Waals surface area contributed by atoms with Crippen molar-refractivity contribution in [3.8, 4) is 0 Å². The molecule has 1 N–H and O–H groups in total. The van der Waals surface area contributed by atoms with Crippen LogP contribution in [0.2, 0.25) is 0 Å². The Balaban J connectivity index is 1.79. The van der Waals surface area contributed by atoms with Gasteiger partial charge < -0.3 is 10.2 Å². The molecule has 2 heterocycles. The van der Waals surface area contributed by atoms with Crippen LogP contribution in [0.4, 0.5) is 0 Å². The van der Waals surface area contributed by atoms with Gasteiger partial charge in [0.25, 0.3) is 0 Å². The molecule has 0 aliphatic rings. The molecule has 0 fully saturated rings. The highest BCUT2D eigenvalue weighted by atomic mass is 16.2. The van der Waals surface area contributed by atoms with Gasteiger partial charge in [-0.1, -0.05) is 6.07 Å². The zero-order valence-electron chi connectivity index (χ0n) is 13.1. The van der Waals surface area contributed by atoms with Crippen molar-refractivity contribution < 1.29 is 9.59 Å². The monoisotopic (exact) mass is 312 g/mol. The normalized spacial score (nSPS) is 10.1. The quantitative estimate of drug-likeness (QED) is 0.841. The van der Waals surface area contributed by atoms with E-state index in [-0.39, 0.29) is 18.2 Å².